The smallest absolute Gasteiger partial charge is 0.0575 e. The van der Waals surface area contributed by atoms with E-state index in [4.69, 9.17) is 4.74 Å². The summed E-state index contributed by atoms with van der Waals surface area (Å²) >= 11 is 0. The quantitative estimate of drug-likeness (QED) is 0.588. The predicted octanol–water partition coefficient (Wildman–Crippen LogP) is 3.16. The lowest BCUT2D eigenvalue weighted by Gasteiger charge is -2.26. The molecule has 0 aromatic carbocycles. The zero-order valence-electron chi connectivity index (χ0n) is 8.25. The molecule has 70 valence electrons. The van der Waals surface area contributed by atoms with Crippen molar-refractivity contribution in [1.82, 2.24) is 0 Å². The van der Waals surface area contributed by atoms with Crippen LogP contribution in [0.5, 0.6) is 0 Å². The van der Waals surface area contributed by atoms with Crippen molar-refractivity contribution in [2.45, 2.75) is 45.6 Å². The Morgan fingerprint density at radius 3 is 2.42 bits per heavy atom. The van der Waals surface area contributed by atoms with Gasteiger partial charge in [0.15, 0.2) is 0 Å². The Hall–Kier alpha value is -0.300. The fourth-order valence-electron chi connectivity index (χ4n) is 1.96. The third-order valence-electron chi connectivity index (χ3n) is 2.59. The lowest BCUT2D eigenvalue weighted by atomic mass is 9.87. The van der Waals surface area contributed by atoms with Gasteiger partial charge in [-0.15, -0.1) is 0 Å². The Bertz CT molecular complexity index is 132. The highest BCUT2D eigenvalue weighted by Gasteiger charge is 2.18. The van der Waals surface area contributed by atoms with Gasteiger partial charge in [0.05, 0.1) is 6.10 Å². The second-order valence-corrected chi connectivity index (χ2v) is 3.52. The summed E-state index contributed by atoms with van der Waals surface area (Å²) in [6.45, 7) is 5.06. The van der Waals surface area contributed by atoms with Gasteiger partial charge in [-0.25, -0.2) is 0 Å². The average Bonchev–Trinajstić information content (AvgIpc) is 2.09. The third kappa shape index (κ3) is 2.98. The van der Waals surface area contributed by atoms with Crippen molar-refractivity contribution in [1.29, 1.82) is 0 Å². The largest absolute Gasteiger partial charge is 0.379 e. The van der Waals surface area contributed by atoms with Gasteiger partial charge in [0, 0.05) is 6.61 Å². The summed E-state index contributed by atoms with van der Waals surface area (Å²) in [5.74, 6) is 0.826. The Morgan fingerprint density at radius 1 is 1.25 bits per heavy atom. The van der Waals surface area contributed by atoms with Crippen LogP contribution < -0.4 is 0 Å². The molecule has 0 atom stereocenters. The minimum atomic E-state index is 0.552. The summed E-state index contributed by atoms with van der Waals surface area (Å²) in [7, 11) is 0. The maximum absolute atomic E-state index is 5.59. The molecule has 0 radical (unpaired) electrons. The molecule has 0 amide bonds. The Labute approximate surface area is 75.8 Å². The standard InChI is InChI=1S/C11H20O/c1-3-5-10-6-8-11(9-7-10)12-4-2/h3,5,10-11H,4,6-9H2,1-2H3/b5-3+. The van der Waals surface area contributed by atoms with Gasteiger partial charge in [-0.1, -0.05) is 12.2 Å². The molecule has 1 fully saturated rings. The molecular formula is C11H20O. The third-order valence-corrected chi connectivity index (χ3v) is 2.59. The first-order chi connectivity index (χ1) is 5.86. The van der Waals surface area contributed by atoms with E-state index in [1.54, 1.807) is 0 Å². The topological polar surface area (TPSA) is 9.23 Å². The van der Waals surface area contributed by atoms with Crippen molar-refractivity contribution in [2.75, 3.05) is 6.61 Å². The molecule has 0 aromatic rings. The minimum Gasteiger partial charge on any atom is -0.379 e. The second kappa shape index (κ2) is 5.36. The minimum absolute atomic E-state index is 0.552. The normalized spacial score (nSPS) is 31.2. The molecule has 1 aliphatic rings. The van der Waals surface area contributed by atoms with Crippen LogP contribution in [0.15, 0.2) is 12.2 Å². The predicted molar refractivity (Wildman–Crippen MR) is 52.2 cm³/mol. The highest BCUT2D eigenvalue weighted by atomic mass is 16.5. The Balaban J connectivity index is 2.20. The maximum Gasteiger partial charge on any atom is 0.0575 e. The second-order valence-electron chi connectivity index (χ2n) is 3.52. The van der Waals surface area contributed by atoms with Gasteiger partial charge in [-0.05, 0) is 45.4 Å². The maximum atomic E-state index is 5.59. The number of rotatable bonds is 3. The van der Waals surface area contributed by atoms with E-state index in [9.17, 15) is 0 Å². The highest BCUT2D eigenvalue weighted by Crippen LogP contribution is 2.26. The van der Waals surface area contributed by atoms with Crippen LogP contribution in [0.3, 0.4) is 0 Å². The van der Waals surface area contributed by atoms with E-state index in [0.29, 0.717) is 6.10 Å². The van der Waals surface area contributed by atoms with Crippen molar-refractivity contribution < 1.29 is 4.74 Å². The van der Waals surface area contributed by atoms with E-state index in [1.807, 2.05) is 0 Å². The van der Waals surface area contributed by atoms with Gasteiger partial charge in [0.25, 0.3) is 0 Å². The fourth-order valence-corrected chi connectivity index (χ4v) is 1.96. The van der Waals surface area contributed by atoms with Crippen LogP contribution in [-0.4, -0.2) is 12.7 Å². The summed E-state index contributed by atoms with van der Waals surface area (Å²) < 4.78 is 5.59. The van der Waals surface area contributed by atoms with Crippen LogP contribution in [-0.2, 0) is 4.74 Å². The number of ether oxygens (including phenoxy) is 1. The van der Waals surface area contributed by atoms with E-state index in [0.717, 1.165) is 12.5 Å². The van der Waals surface area contributed by atoms with Gasteiger partial charge in [0.1, 0.15) is 0 Å². The van der Waals surface area contributed by atoms with Crippen LogP contribution in [0.1, 0.15) is 39.5 Å². The van der Waals surface area contributed by atoms with Crippen LogP contribution in [0.2, 0.25) is 0 Å². The molecule has 0 heterocycles. The van der Waals surface area contributed by atoms with Crippen molar-refractivity contribution in [3.63, 3.8) is 0 Å². The Kier molecular flexibility index (Phi) is 4.37. The van der Waals surface area contributed by atoms with Gasteiger partial charge in [-0.3, -0.25) is 0 Å². The van der Waals surface area contributed by atoms with Crippen molar-refractivity contribution in [3.05, 3.63) is 12.2 Å². The zero-order valence-corrected chi connectivity index (χ0v) is 8.25. The van der Waals surface area contributed by atoms with Gasteiger partial charge < -0.3 is 4.74 Å². The number of hydrogen-bond acceptors (Lipinski definition) is 1. The molecule has 1 aliphatic carbocycles. The monoisotopic (exact) mass is 168 g/mol. The lowest BCUT2D eigenvalue weighted by Crippen LogP contribution is -2.20. The van der Waals surface area contributed by atoms with Crippen LogP contribution in [0.25, 0.3) is 0 Å². The summed E-state index contributed by atoms with van der Waals surface area (Å²) in [4.78, 5) is 0. The zero-order chi connectivity index (χ0) is 8.81. The SMILES string of the molecule is C/C=C/C1CCC(OCC)CC1. The summed E-state index contributed by atoms with van der Waals surface area (Å²) in [6, 6.07) is 0. The molecular weight excluding hydrogens is 148 g/mol. The van der Waals surface area contributed by atoms with Crippen LogP contribution in [0, 0.1) is 5.92 Å². The molecule has 1 nitrogen and oxygen atoms in total. The molecule has 1 saturated carbocycles. The van der Waals surface area contributed by atoms with Gasteiger partial charge in [0.2, 0.25) is 0 Å². The Morgan fingerprint density at radius 2 is 1.92 bits per heavy atom. The molecule has 0 saturated heterocycles. The van der Waals surface area contributed by atoms with E-state index in [2.05, 4.69) is 26.0 Å². The molecule has 0 bridgehead atoms. The number of allylic oxidation sites excluding steroid dienone is 2. The first-order valence-corrected chi connectivity index (χ1v) is 5.11. The van der Waals surface area contributed by atoms with Crippen molar-refractivity contribution in [3.8, 4) is 0 Å². The highest BCUT2D eigenvalue weighted by molar-refractivity contribution is 4.88. The molecule has 0 N–H and O–H groups in total. The summed E-state index contributed by atoms with van der Waals surface area (Å²) in [6.07, 6.45) is 10.2. The average molecular weight is 168 g/mol. The van der Waals surface area contributed by atoms with Crippen LogP contribution in [0.4, 0.5) is 0 Å². The fraction of sp³-hybridized carbons (Fsp3) is 0.818. The summed E-state index contributed by atoms with van der Waals surface area (Å²) in [5, 5.41) is 0. The molecule has 0 unspecified atom stereocenters. The van der Waals surface area contributed by atoms with E-state index in [1.165, 1.54) is 25.7 Å². The van der Waals surface area contributed by atoms with Gasteiger partial charge >= 0.3 is 0 Å². The van der Waals surface area contributed by atoms with Gasteiger partial charge in [-0.2, -0.15) is 0 Å². The first kappa shape index (κ1) is 9.79. The van der Waals surface area contributed by atoms with Crippen LogP contribution >= 0.6 is 0 Å². The first-order valence-electron chi connectivity index (χ1n) is 5.11. The summed E-state index contributed by atoms with van der Waals surface area (Å²) in [5.41, 5.74) is 0. The molecule has 1 rings (SSSR count). The van der Waals surface area contributed by atoms with E-state index in [-0.39, 0.29) is 0 Å². The molecule has 0 spiro atoms. The van der Waals surface area contributed by atoms with Crippen molar-refractivity contribution >= 4 is 0 Å². The van der Waals surface area contributed by atoms with E-state index >= 15 is 0 Å². The molecule has 12 heavy (non-hydrogen) atoms. The van der Waals surface area contributed by atoms with E-state index < -0.39 is 0 Å². The molecule has 0 aliphatic heterocycles. The number of hydrogen-bond donors (Lipinski definition) is 0. The van der Waals surface area contributed by atoms with Crippen molar-refractivity contribution in [2.24, 2.45) is 5.92 Å². The molecule has 0 aromatic heterocycles. The molecule has 1 heteroatoms. The lowest BCUT2D eigenvalue weighted by molar-refractivity contribution is 0.0302.